The molecule has 0 unspecified atom stereocenters. The van der Waals surface area contributed by atoms with Gasteiger partial charge in [-0.1, -0.05) is 6.07 Å². The molecule has 2 fully saturated rings. The Morgan fingerprint density at radius 2 is 1.74 bits per heavy atom. The SMILES string of the molecule is Cc1cc(C)nc(N2CCC(N3CCCN(C(=O)Nc4cccc(F)c4)CC3)CC2)n1. The van der Waals surface area contributed by atoms with Crippen LogP contribution in [-0.4, -0.2) is 71.1 Å². The molecule has 31 heavy (non-hydrogen) atoms. The van der Waals surface area contributed by atoms with E-state index in [9.17, 15) is 9.18 Å². The third-order valence-corrected chi connectivity index (χ3v) is 6.13. The lowest BCUT2D eigenvalue weighted by molar-refractivity contribution is 0.172. The largest absolute Gasteiger partial charge is 0.341 e. The Labute approximate surface area is 183 Å². The Kier molecular flexibility index (Phi) is 6.65. The van der Waals surface area contributed by atoms with Crippen LogP contribution in [0.15, 0.2) is 30.3 Å². The van der Waals surface area contributed by atoms with Gasteiger partial charge in [-0.3, -0.25) is 4.90 Å². The molecule has 7 nitrogen and oxygen atoms in total. The minimum Gasteiger partial charge on any atom is -0.341 e. The number of nitrogens with zero attached hydrogens (tertiary/aromatic N) is 5. The van der Waals surface area contributed by atoms with Crippen LogP contribution >= 0.6 is 0 Å². The second-order valence-electron chi connectivity index (χ2n) is 8.49. The Balaban J connectivity index is 1.28. The summed E-state index contributed by atoms with van der Waals surface area (Å²) < 4.78 is 13.4. The van der Waals surface area contributed by atoms with E-state index in [1.165, 1.54) is 12.1 Å². The maximum atomic E-state index is 13.4. The van der Waals surface area contributed by atoms with Gasteiger partial charge in [0.05, 0.1) is 0 Å². The Morgan fingerprint density at radius 1 is 1.00 bits per heavy atom. The number of piperidine rings is 1. The maximum absolute atomic E-state index is 13.4. The van der Waals surface area contributed by atoms with Crippen LogP contribution in [0.5, 0.6) is 0 Å². The van der Waals surface area contributed by atoms with E-state index >= 15 is 0 Å². The van der Waals surface area contributed by atoms with Crippen LogP contribution < -0.4 is 10.2 Å². The zero-order chi connectivity index (χ0) is 21.8. The quantitative estimate of drug-likeness (QED) is 0.815. The highest BCUT2D eigenvalue weighted by molar-refractivity contribution is 5.89. The summed E-state index contributed by atoms with van der Waals surface area (Å²) in [6.45, 7) is 9.18. The van der Waals surface area contributed by atoms with Gasteiger partial charge < -0.3 is 15.1 Å². The first-order valence-corrected chi connectivity index (χ1v) is 11.1. The molecule has 0 bridgehead atoms. The number of carbonyl (C=O) groups is 1. The molecule has 0 atom stereocenters. The summed E-state index contributed by atoms with van der Waals surface area (Å²) >= 11 is 0. The number of benzene rings is 1. The molecule has 4 rings (SSSR count). The first-order chi connectivity index (χ1) is 15.0. The molecular weight excluding hydrogens is 395 g/mol. The topological polar surface area (TPSA) is 64.6 Å². The number of hydrogen-bond acceptors (Lipinski definition) is 5. The van der Waals surface area contributed by atoms with Crippen molar-refractivity contribution in [3.63, 3.8) is 0 Å². The van der Waals surface area contributed by atoms with Crippen molar-refractivity contribution in [3.05, 3.63) is 47.5 Å². The monoisotopic (exact) mass is 426 g/mol. The third kappa shape index (κ3) is 5.50. The summed E-state index contributed by atoms with van der Waals surface area (Å²) in [5, 5.41) is 2.82. The summed E-state index contributed by atoms with van der Waals surface area (Å²) in [6, 6.07) is 8.39. The zero-order valence-corrected chi connectivity index (χ0v) is 18.4. The molecule has 1 aromatic carbocycles. The molecule has 0 saturated carbocycles. The van der Waals surface area contributed by atoms with Gasteiger partial charge in [-0.25, -0.2) is 19.2 Å². The summed E-state index contributed by atoms with van der Waals surface area (Å²) in [6.07, 6.45) is 3.09. The van der Waals surface area contributed by atoms with Crippen molar-refractivity contribution >= 4 is 17.7 Å². The summed E-state index contributed by atoms with van der Waals surface area (Å²) in [4.78, 5) is 28.5. The second-order valence-corrected chi connectivity index (χ2v) is 8.49. The van der Waals surface area contributed by atoms with Crippen molar-refractivity contribution in [1.29, 1.82) is 0 Å². The molecule has 2 aliphatic heterocycles. The number of hydrogen-bond donors (Lipinski definition) is 1. The van der Waals surface area contributed by atoms with Gasteiger partial charge in [0, 0.05) is 62.4 Å². The molecule has 0 radical (unpaired) electrons. The van der Waals surface area contributed by atoms with Gasteiger partial charge in [0.15, 0.2) is 0 Å². The van der Waals surface area contributed by atoms with E-state index in [-0.39, 0.29) is 11.8 Å². The van der Waals surface area contributed by atoms with Crippen molar-refractivity contribution < 1.29 is 9.18 Å². The van der Waals surface area contributed by atoms with Crippen molar-refractivity contribution in [2.75, 3.05) is 49.5 Å². The van der Waals surface area contributed by atoms with E-state index < -0.39 is 0 Å². The molecule has 166 valence electrons. The van der Waals surface area contributed by atoms with E-state index in [2.05, 4.69) is 25.1 Å². The predicted molar refractivity (Wildman–Crippen MR) is 120 cm³/mol. The van der Waals surface area contributed by atoms with Gasteiger partial charge in [-0.15, -0.1) is 0 Å². The zero-order valence-electron chi connectivity index (χ0n) is 18.4. The van der Waals surface area contributed by atoms with Crippen LogP contribution in [0.2, 0.25) is 0 Å². The molecule has 1 aromatic heterocycles. The molecule has 2 aliphatic rings. The minimum absolute atomic E-state index is 0.158. The molecule has 2 aromatic rings. The fraction of sp³-hybridized carbons (Fsp3) is 0.522. The van der Waals surface area contributed by atoms with Crippen LogP contribution in [0.1, 0.15) is 30.7 Å². The van der Waals surface area contributed by atoms with E-state index in [1.807, 2.05) is 24.8 Å². The van der Waals surface area contributed by atoms with Crippen molar-refractivity contribution in [1.82, 2.24) is 19.8 Å². The molecule has 3 heterocycles. The van der Waals surface area contributed by atoms with Crippen LogP contribution in [0, 0.1) is 19.7 Å². The lowest BCUT2D eigenvalue weighted by Gasteiger charge is -2.38. The Bertz CT molecular complexity index is 894. The highest BCUT2D eigenvalue weighted by atomic mass is 19.1. The maximum Gasteiger partial charge on any atom is 0.321 e. The highest BCUT2D eigenvalue weighted by Gasteiger charge is 2.28. The number of aryl methyl sites for hydroxylation is 2. The third-order valence-electron chi connectivity index (χ3n) is 6.13. The van der Waals surface area contributed by atoms with Crippen LogP contribution in [0.4, 0.5) is 20.8 Å². The summed E-state index contributed by atoms with van der Waals surface area (Å²) in [5.41, 5.74) is 2.51. The minimum atomic E-state index is -0.350. The number of anilines is 2. The van der Waals surface area contributed by atoms with Crippen molar-refractivity contribution in [3.8, 4) is 0 Å². The van der Waals surface area contributed by atoms with Gasteiger partial charge >= 0.3 is 6.03 Å². The first-order valence-electron chi connectivity index (χ1n) is 11.1. The van der Waals surface area contributed by atoms with Crippen LogP contribution in [0.25, 0.3) is 0 Å². The standard InChI is InChI=1S/C23H31FN6O/c1-17-15-18(2)26-22(25-17)29-11-7-21(8-12-29)28-9-4-10-30(14-13-28)23(31)27-20-6-3-5-19(24)16-20/h3,5-6,15-16,21H,4,7-14H2,1-2H3,(H,27,31). The fourth-order valence-corrected chi connectivity index (χ4v) is 4.55. The van der Waals surface area contributed by atoms with Crippen molar-refractivity contribution in [2.24, 2.45) is 0 Å². The van der Waals surface area contributed by atoms with Crippen molar-refractivity contribution in [2.45, 2.75) is 39.2 Å². The average molecular weight is 427 g/mol. The summed E-state index contributed by atoms with van der Waals surface area (Å²) in [7, 11) is 0. The second kappa shape index (κ2) is 9.60. The van der Waals surface area contributed by atoms with Crippen LogP contribution in [0.3, 0.4) is 0 Å². The van der Waals surface area contributed by atoms with E-state index in [0.29, 0.717) is 24.8 Å². The first kappa shape index (κ1) is 21.5. The number of aromatic nitrogens is 2. The number of nitrogens with one attached hydrogen (secondary N) is 1. The van der Waals surface area contributed by atoms with Gasteiger partial charge in [0.2, 0.25) is 5.95 Å². The highest BCUT2D eigenvalue weighted by Crippen LogP contribution is 2.22. The lowest BCUT2D eigenvalue weighted by Crippen LogP contribution is -2.47. The van der Waals surface area contributed by atoms with E-state index in [0.717, 1.165) is 62.8 Å². The molecular formula is C23H31FN6O. The molecule has 0 spiro atoms. The number of halogens is 1. The molecule has 2 saturated heterocycles. The average Bonchev–Trinajstić information content (AvgIpc) is 3.00. The Hall–Kier alpha value is -2.74. The number of rotatable bonds is 3. The summed E-state index contributed by atoms with van der Waals surface area (Å²) in [5.74, 6) is 0.490. The van der Waals surface area contributed by atoms with E-state index in [4.69, 9.17) is 0 Å². The molecule has 0 aliphatic carbocycles. The van der Waals surface area contributed by atoms with Gasteiger partial charge in [-0.2, -0.15) is 0 Å². The predicted octanol–water partition coefficient (Wildman–Crippen LogP) is 3.44. The Morgan fingerprint density at radius 3 is 2.45 bits per heavy atom. The molecule has 8 heteroatoms. The normalized spacial score (nSPS) is 18.7. The number of carbonyl (C=O) groups excluding carboxylic acids is 1. The van der Waals surface area contributed by atoms with Gasteiger partial charge in [0.25, 0.3) is 0 Å². The van der Waals surface area contributed by atoms with E-state index in [1.54, 1.807) is 12.1 Å². The fourth-order valence-electron chi connectivity index (χ4n) is 4.55. The van der Waals surface area contributed by atoms with Gasteiger partial charge in [0.1, 0.15) is 5.82 Å². The number of amides is 2. The molecule has 2 amide bonds. The number of urea groups is 1. The van der Waals surface area contributed by atoms with Gasteiger partial charge in [-0.05, 0) is 57.4 Å². The molecule has 1 N–H and O–H groups in total. The smallest absolute Gasteiger partial charge is 0.321 e. The van der Waals surface area contributed by atoms with Crippen LogP contribution in [-0.2, 0) is 0 Å². The lowest BCUT2D eigenvalue weighted by atomic mass is 10.0.